The maximum Gasteiger partial charge on any atom is 0.252 e. The van der Waals surface area contributed by atoms with Crippen molar-refractivity contribution in [2.24, 2.45) is 5.92 Å². The molecular weight excluding hydrogens is 420 g/mol. The number of thiophene rings is 1. The zero-order valence-corrected chi connectivity index (χ0v) is 19.4. The van der Waals surface area contributed by atoms with Gasteiger partial charge in [-0.25, -0.2) is 8.42 Å². The first kappa shape index (κ1) is 22.9. The lowest BCUT2D eigenvalue weighted by atomic mass is 10.00. The van der Waals surface area contributed by atoms with Crippen LogP contribution in [0.2, 0.25) is 0 Å². The third-order valence-corrected chi connectivity index (χ3v) is 8.49. The number of sulfonamides is 1. The number of carbonyl (C=O) groups excluding carboxylic acids is 1. The van der Waals surface area contributed by atoms with E-state index >= 15 is 0 Å². The van der Waals surface area contributed by atoms with Crippen molar-refractivity contribution < 1.29 is 17.9 Å². The molecule has 1 aliphatic rings. The van der Waals surface area contributed by atoms with Crippen LogP contribution in [0, 0.1) is 5.92 Å². The molecule has 1 N–H and O–H groups in total. The maximum atomic E-state index is 12.7. The number of amides is 1. The minimum Gasteiger partial charge on any atom is -0.379 e. The second kappa shape index (κ2) is 10.0. The van der Waals surface area contributed by atoms with Gasteiger partial charge in [0, 0.05) is 18.0 Å². The molecule has 1 saturated heterocycles. The Labute approximate surface area is 183 Å². The normalized spacial score (nSPS) is 16.5. The molecule has 3 rings (SSSR count). The number of benzene rings is 1. The first-order chi connectivity index (χ1) is 14.3. The Hall–Kier alpha value is -1.74. The van der Waals surface area contributed by atoms with Crippen molar-refractivity contribution >= 4 is 27.3 Å². The van der Waals surface area contributed by atoms with E-state index in [2.05, 4.69) is 43.4 Å². The van der Waals surface area contributed by atoms with E-state index in [0.29, 0.717) is 32.2 Å². The first-order valence-electron chi connectivity index (χ1n) is 10.3. The van der Waals surface area contributed by atoms with E-state index in [0.717, 1.165) is 28.2 Å². The number of ether oxygens (including phenoxy) is 1. The van der Waals surface area contributed by atoms with Crippen LogP contribution in [0.3, 0.4) is 0 Å². The van der Waals surface area contributed by atoms with E-state index in [4.69, 9.17) is 4.74 Å². The number of nitrogens with one attached hydrogen (secondary N) is 1. The molecular formula is C22H30N2O4S2. The molecule has 1 atom stereocenters. The predicted molar refractivity (Wildman–Crippen MR) is 119 cm³/mol. The number of carbonyl (C=O) groups is 1. The number of rotatable bonds is 8. The zero-order chi connectivity index (χ0) is 21.7. The molecule has 0 unspecified atom stereocenters. The Morgan fingerprint density at radius 1 is 1.10 bits per heavy atom. The molecule has 0 aliphatic carbocycles. The largest absolute Gasteiger partial charge is 0.379 e. The van der Waals surface area contributed by atoms with Gasteiger partial charge in [-0.1, -0.05) is 38.1 Å². The smallest absolute Gasteiger partial charge is 0.252 e. The van der Waals surface area contributed by atoms with Gasteiger partial charge in [0.1, 0.15) is 4.21 Å². The highest BCUT2D eigenvalue weighted by Crippen LogP contribution is 2.26. The lowest BCUT2D eigenvalue weighted by molar-refractivity contribution is -0.121. The average molecular weight is 451 g/mol. The number of hydrogen-bond acceptors (Lipinski definition) is 5. The van der Waals surface area contributed by atoms with Crippen LogP contribution < -0.4 is 5.32 Å². The first-order valence-corrected chi connectivity index (χ1v) is 12.6. The SMILES string of the molecule is CC(C)Cc1ccc([C@H](C)NC(=O)Cc2ccc(S(=O)(=O)N3CCOCC3)s2)cc1. The molecule has 30 heavy (non-hydrogen) atoms. The van der Waals surface area contributed by atoms with Gasteiger partial charge in [0.2, 0.25) is 5.91 Å². The van der Waals surface area contributed by atoms with E-state index in [1.807, 2.05) is 6.92 Å². The van der Waals surface area contributed by atoms with Gasteiger partial charge in [-0.05, 0) is 42.5 Å². The zero-order valence-electron chi connectivity index (χ0n) is 17.8. The molecule has 0 saturated carbocycles. The minimum absolute atomic E-state index is 0.109. The molecule has 2 heterocycles. The van der Waals surface area contributed by atoms with E-state index in [9.17, 15) is 13.2 Å². The van der Waals surface area contributed by atoms with Crippen molar-refractivity contribution in [1.82, 2.24) is 9.62 Å². The molecule has 6 nitrogen and oxygen atoms in total. The monoisotopic (exact) mass is 450 g/mol. The summed E-state index contributed by atoms with van der Waals surface area (Å²) in [5.74, 6) is 0.488. The third-order valence-electron chi connectivity index (χ3n) is 5.04. The summed E-state index contributed by atoms with van der Waals surface area (Å²) in [5.41, 5.74) is 2.34. The van der Waals surface area contributed by atoms with Crippen LogP contribution in [0.5, 0.6) is 0 Å². The Bertz CT molecular complexity index is 946. The van der Waals surface area contributed by atoms with E-state index in [1.54, 1.807) is 12.1 Å². The van der Waals surface area contributed by atoms with Gasteiger partial charge in [-0.15, -0.1) is 11.3 Å². The summed E-state index contributed by atoms with van der Waals surface area (Å²) in [5, 5.41) is 3.01. The van der Waals surface area contributed by atoms with Crippen LogP contribution in [0.25, 0.3) is 0 Å². The highest BCUT2D eigenvalue weighted by molar-refractivity contribution is 7.91. The molecule has 1 fully saturated rings. The predicted octanol–water partition coefficient (Wildman–Crippen LogP) is 3.39. The molecule has 0 radical (unpaired) electrons. The molecule has 2 aromatic rings. The average Bonchev–Trinajstić information content (AvgIpc) is 3.18. The highest BCUT2D eigenvalue weighted by atomic mass is 32.2. The Morgan fingerprint density at radius 2 is 1.77 bits per heavy atom. The van der Waals surface area contributed by atoms with Gasteiger partial charge in [-0.2, -0.15) is 4.31 Å². The van der Waals surface area contributed by atoms with Crippen molar-refractivity contribution in [3.05, 3.63) is 52.4 Å². The van der Waals surface area contributed by atoms with Crippen LogP contribution in [-0.2, 0) is 32.4 Å². The van der Waals surface area contributed by atoms with Crippen LogP contribution in [-0.4, -0.2) is 44.9 Å². The van der Waals surface area contributed by atoms with Crippen LogP contribution in [0.15, 0.2) is 40.6 Å². The molecule has 1 aromatic carbocycles. The second-order valence-corrected chi connectivity index (χ2v) is 11.4. The summed E-state index contributed by atoms with van der Waals surface area (Å²) < 4.78 is 32.4. The maximum absolute atomic E-state index is 12.7. The summed E-state index contributed by atoms with van der Waals surface area (Å²) in [7, 11) is -3.52. The molecule has 0 bridgehead atoms. The number of nitrogens with zero attached hydrogens (tertiary/aromatic N) is 1. The standard InChI is InChI=1S/C22H30N2O4S2/c1-16(2)14-18-4-6-19(7-5-18)17(3)23-21(25)15-20-8-9-22(29-20)30(26,27)24-10-12-28-13-11-24/h4-9,16-17H,10-15H2,1-3H3,(H,23,25)/t17-/m0/s1. The fourth-order valence-corrected chi connectivity index (χ4v) is 6.37. The molecule has 8 heteroatoms. The molecule has 1 amide bonds. The summed E-state index contributed by atoms with van der Waals surface area (Å²) in [4.78, 5) is 13.2. The summed E-state index contributed by atoms with van der Waals surface area (Å²) in [6.45, 7) is 7.90. The minimum atomic E-state index is -3.52. The number of hydrogen-bond donors (Lipinski definition) is 1. The summed E-state index contributed by atoms with van der Waals surface area (Å²) >= 11 is 1.16. The third kappa shape index (κ3) is 5.91. The summed E-state index contributed by atoms with van der Waals surface area (Å²) in [6.07, 6.45) is 1.20. The van der Waals surface area contributed by atoms with E-state index in [1.165, 1.54) is 9.87 Å². The van der Waals surface area contributed by atoms with Crippen molar-refractivity contribution in [1.29, 1.82) is 0 Å². The molecule has 1 aliphatic heterocycles. The van der Waals surface area contributed by atoms with Crippen molar-refractivity contribution in [2.75, 3.05) is 26.3 Å². The van der Waals surface area contributed by atoms with Crippen LogP contribution in [0.4, 0.5) is 0 Å². The summed E-state index contributed by atoms with van der Waals surface area (Å²) in [6, 6.07) is 11.5. The van der Waals surface area contributed by atoms with E-state index in [-0.39, 0.29) is 22.6 Å². The lowest BCUT2D eigenvalue weighted by Crippen LogP contribution is -2.40. The number of morpholine rings is 1. The van der Waals surface area contributed by atoms with Gasteiger partial charge < -0.3 is 10.1 Å². The fraction of sp³-hybridized carbons (Fsp3) is 0.500. The van der Waals surface area contributed by atoms with Gasteiger partial charge in [0.05, 0.1) is 25.7 Å². The van der Waals surface area contributed by atoms with E-state index < -0.39 is 10.0 Å². The molecule has 164 valence electrons. The fourth-order valence-electron chi connectivity index (χ4n) is 3.45. The highest BCUT2D eigenvalue weighted by Gasteiger charge is 2.28. The van der Waals surface area contributed by atoms with Gasteiger partial charge in [0.15, 0.2) is 0 Å². The van der Waals surface area contributed by atoms with Gasteiger partial charge in [0.25, 0.3) is 10.0 Å². The van der Waals surface area contributed by atoms with Crippen molar-refractivity contribution in [3.63, 3.8) is 0 Å². The van der Waals surface area contributed by atoms with Crippen molar-refractivity contribution in [2.45, 2.75) is 43.9 Å². The second-order valence-electron chi connectivity index (χ2n) is 8.04. The van der Waals surface area contributed by atoms with Crippen molar-refractivity contribution in [3.8, 4) is 0 Å². The Morgan fingerprint density at radius 3 is 2.40 bits per heavy atom. The lowest BCUT2D eigenvalue weighted by Gasteiger charge is -2.25. The Kier molecular flexibility index (Phi) is 7.68. The quantitative estimate of drug-likeness (QED) is 0.669. The van der Waals surface area contributed by atoms with Crippen LogP contribution >= 0.6 is 11.3 Å². The van der Waals surface area contributed by atoms with Gasteiger partial charge in [-0.3, -0.25) is 4.79 Å². The topological polar surface area (TPSA) is 75.7 Å². The van der Waals surface area contributed by atoms with Crippen LogP contribution in [0.1, 0.15) is 42.8 Å². The van der Waals surface area contributed by atoms with Gasteiger partial charge >= 0.3 is 0 Å². The molecule has 1 aromatic heterocycles. The molecule has 0 spiro atoms. The Balaban J connectivity index is 1.57.